The summed E-state index contributed by atoms with van der Waals surface area (Å²) in [5, 5.41) is 9.50. The highest BCUT2D eigenvalue weighted by molar-refractivity contribution is 5.91. The highest BCUT2D eigenvalue weighted by atomic mass is 16.5. The van der Waals surface area contributed by atoms with Gasteiger partial charge in [0.2, 0.25) is 0 Å². The van der Waals surface area contributed by atoms with Crippen molar-refractivity contribution in [1.82, 2.24) is 4.57 Å². The zero-order valence-corrected chi connectivity index (χ0v) is 10.2. The van der Waals surface area contributed by atoms with Gasteiger partial charge in [-0.25, -0.2) is 9.59 Å². The minimum absolute atomic E-state index is 0.499. The molecule has 7 nitrogen and oxygen atoms in total. The normalized spacial score (nSPS) is 12.1. The molecule has 1 unspecified atom stereocenters. The maximum Gasteiger partial charge on any atom is 0.331 e. The Balaban J connectivity index is 2.40. The van der Waals surface area contributed by atoms with Crippen molar-refractivity contribution in [2.24, 2.45) is 0 Å². The molecule has 0 saturated carbocycles. The molecule has 19 heavy (non-hydrogen) atoms. The van der Waals surface area contributed by atoms with E-state index >= 15 is 0 Å². The number of aromatic nitrogens is 1. The summed E-state index contributed by atoms with van der Waals surface area (Å²) in [7, 11) is 1.16. The third kappa shape index (κ3) is 4.76. The van der Waals surface area contributed by atoms with Gasteiger partial charge in [0.1, 0.15) is 6.61 Å². The lowest BCUT2D eigenvalue weighted by molar-refractivity contribution is -0.141. The molecular formula is C12H13NO6. The molecule has 0 aromatic carbocycles. The predicted molar refractivity (Wildman–Crippen MR) is 63.2 cm³/mol. The molecule has 7 heteroatoms. The first kappa shape index (κ1) is 14.7. The Bertz CT molecular complexity index is 476. The van der Waals surface area contributed by atoms with Crippen LogP contribution in [-0.4, -0.2) is 47.3 Å². The van der Waals surface area contributed by atoms with Crippen LogP contribution in [0.2, 0.25) is 0 Å². The minimum atomic E-state index is -1.47. The zero-order chi connectivity index (χ0) is 14.3. The minimum Gasteiger partial charge on any atom is -0.466 e. The van der Waals surface area contributed by atoms with E-state index in [4.69, 9.17) is 0 Å². The van der Waals surface area contributed by atoms with Crippen LogP contribution in [0.1, 0.15) is 4.79 Å². The van der Waals surface area contributed by atoms with E-state index < -0.39 is 30.6 Å². The van der Waals surface area contributed by atoms with Gasteiger partial charge >= 0.3 is 11.9 Å². The summed E-state index contributed by atoms with van der Waals surface area (Å²) < 4.78 is 10.0. The molecule has 0 radical (unpaired) electrons. The first-order chi connectivity index (χ1) is 9.04. The van der Waals surface area contributed by atoms with Crippen molar-refractivity contribution in [3.8, 4) is 0 Å². The molecule has 1 aromatic heterocycles. The van der Waals surface area contributed by atoms with E-state index in [9.17, 15) is 19.5 Å². The van der Waals surface area contributed by atoms with E-state index in [1.54, 1.807) is 12.1 Å². The van der Waals surface area contributed by atoms with Gasteiger partial charge in [0.05, 0.1) is 7.11 Å². The number of hydrogen-bond donors (Lipinski definition) is 1. The van der Waals surface area contributed by atoms with E-state index in [-0.39, 0.29) is 0 Å². The van der Waals surface area contributed by atoms with Crippen molar-refractivity contribution in [1.29, 1.82) is 0 Å². The van der Waals surface area contributed by atoms with E-state index in [2.05, 4.69) is 9.47 Å². The standard InChI is InChI=1S/C12H13NO6/c1-18-10(15)4-5-11(16)19-8-9(14)12(17)13-6-2-3-7-13/h2-7,9,14H,8H2,1H3/b5-4+. The summed E-state index contributed by atoms with van der Waals surface area (Å²) in [4.78, 5) is 33.4. The predicted octanol–water partition coefficient (Wildman–Crippen LogP) is -0.238. The fourth-order valence-electron chi connectivity index (χ4n) is 1.14. The number of nitrogens with zero attached hydrogens (tertiary/aromatic N) is 1. The largest absolute Gasteiger partial charge is 0.466 e. The van der Waals surface area contributed by atoms with Gasteiger partial charge in [-0.15, -0.1) is 0 Å². The van der Waals surface area contributed by atoms with Crippen LogP contribution in [0, 0.1) is 0 Å². The lowest BCUT2D eigenvalue weighted by atomic mass is 10.3. The SMILES string of the molecule is COC(=O)/C=C/C(=O)OCC(O)C(=O)n1cccc1. The first-order valence-electron chi connectivity index (χ1n) is 5.32. The van der Waals surface area contributed by atoms with Gasteiger partial charge in [0.15, 0.2) is 6.10 Å². The third-order valence-electron chi connectivity index (χ3n) is 2.08. The average Bonchev–Trinajstić information content (AvgIpc) is 2.95. The Morgan fingerprint density at radius 3 is 2.37 bits per heavy atom. The van der Waals surface area contributed by atoms with Crippen LogP contribution >= 0.6 is 0 Å². The van der Waals surface area contributed by atoms with Gasteiger partial charge in [-0.05, 0) is 12.1 Å². The Labute approximate surface area is 109 Å². The molecule has 0 saturated heterocycles. The van der Waals surface area contributed by atoms with E-state index in [0.29, 0.717) is 0 Å². The van der Waals surface area contributed by atoms with Crippen LogP contribution in [0.5, 0.6) is 0 Å². The molecule has 1 heterocycles. The van der Waals surface area contributed by atoms with Crippen LogP contribution in [0.3, 0.4) is 0 Å². The van der Waals surface area contributed by atoms with E-state index in [1.165, 1.54) is 17.0 Å². The topological polar surface area (TPSA) is 94.8 Å². The smallest absolute Gasteiger partial charge is 0.331 e. The number of carbonyl (C=O) groups is 3. The van der Waals surface area contributed by atoms with Crippen molar-refractivity contribution in [3.05, 3.63) is 36.7 Å². The quantitative estimate of drug-likeness (QED) is 0.584. The number of esters is 2. The lowest BCUT2D eigenvalue weighted by Crippen LogP contribution is -2.31. The summed E-state index contributed by atoms with van der Waals surface area (Å²) in [5.41, 5.74) is 0. The third-order valence-corrected chi connectivity index (χ3v) is 2.08. The van der Waals surface area contributed by atoms with E-state index in [1.807, 2.05) is 0 Å². The summed E-state index contributed by atoms with van der Waals surface area (Å²) >= 11 is 0. The summed E-state index contributed by atoms with van der Waals surface area (Å²) in [5.74, 6) is -2.18. The van der Waals surface area contributed by atoms with Gasteiger partial charge < -0.3 is 14.6 Å². The Morgan fingerprint density at radius 1 is 1.21 bits per heavy atom. The average molecular weight is 267 g/mol. The number of hydrogen-bond acceptors (Lipinski definition) is 6. The van der Waals surface area contributed by atoms with Gasteiger partial charge in [0.25, 0.3) is 5.91 Å². The summed E-state index contributed by atoms with van der Waals surface area (Å²) in [6, 6.07) is 3.24. The van der Waals surface area contributed by atoms with Crippen LogP contribution in [0.25, 0.3) is 0 Å². The van der Waals surface area contributed by atoms with Crippen molar-refractivity contribution < 1.29 is 29.0 Å². The first-order valence-corrected chi connectivity index (χ1v) is 5.32. The van der Waals surface area contributed by atoms with Crippen LogP contribution in [0.15, 0.2) is 36.7 Å². The molecule has 1 aromatic rings. The molecule has 0 bridgehead atoms. The van der Waals surface area contributed by atoms with E-state index in [0.717, 1.165) is 19.3 Å². The van der Waals surface area contributed by atoms with Gasteiger partial charge in [-0.3, -0.25) is 9.36 Å². The number of rotatable bonds is 5. The molecule has 1 N–H and O–H groups in total. The summed E-state index contributed by atoms with van der Waals surface area (Å²) in [6.45, 7) is -0.499. The van der Waals surface area contributed by atoms with Gasteiger partial charge in [-0.1, -0.05) is 0 Å². The second-order valence-corrected chi connectivity index (χ2v) is 3.43. The number of carbonyl (C=O) groups excluding carboxylic acids is 3. The number of methoxy groups -OCH3 is 1. The lowest BCUT2D eigenvalue weighted by Gasteiger charge is -2.09. The highest BCUT2D eigenvalue weighted by Gasteiger charge is 2.17. The van der Waals surface area contributed by atoms with Crippen LogP contribution in [-0.2, 0) is 19.1 Å². The van der Waals surface area contributed by atoms with Gasteiger partial charge in [-0.2, -0.15) is 0 Å². The molecular weight excluding hydrogens is 254 g/mol. The molecule has 1 atom stereocenters. The number of aliphatic hydroxyl groups excluding tert-OH is 1. The molecule has 0 aliphatic heterocycles. The Hall–Kier alpha value is -2.41. The molecule has 0 fully saturated rings. The molecule has 102 valence electrons. The molecule has 0 amide bonds. The monoisotopic (exact) mass is 267 g/mol. The van der Waals surface area contributed by atoms with Crippen molar-refractivity contribution >= 4 is 17.8 Å². The molecule has 0 aliphatic rings. The molecule has 0 aliphatic carbocycles. The second-order valence-electron chi connectivity index (χ2n) is 3.43. The highest BCUT2D eigenvalue weighted by Crippen LogP contribution is 1.96. The van der Waals surface area contributed by atoms with Crippen molar-refractivity contribution in [2.75, 3.05) is 13.7 Å². The Morgan fingerprint density at radius 2 is 1.79 bits per heavy atom. The second kappa shape index (κ2) is 7.12. The number of aliphatic hydroxyl groups is 1. The summed E-state index contributed by atoms with van der Waals surface area (Å²) in [6.07, 6.45) is 3.18. The van der Waals surface area contributed by atoms with Crippen molar-refractivity contribution in [3.63, 3.8) is 0 Å². The van der Waals surface area contributed by atoms with Crippen LogP contribution < -0.4 is 0 Å². The number of ether oxygens (including phenoxy) is 2. The van der Waals surface area contributed by atoms with Crippen molar-refractivity contribution in [2.45, 2.75) is 6.10 Å². The zero-order valence-electron chi connectivity index (χ0n) is 10.2. The maximum absolute atomic E-state index is 11.6. The van der Waals surface area contributed by atoms with Crippen LogP contribution in [0.4, 0.5) is 0 Å². The maximum atomic E-state index is 11.6. The Kier molecular flexibility index (Phi) is 5.49. The fourth-order valence-corrected chi connectivity index (χ4v) is 1.14. The molecule has 0 spiro atoms. The fraction of sp³-hybridized carbons (Fsp3) is 0.250. The molecule has 1 rings (SSSR count). The van der Waals surface area contributed by atoms with Gasteiger partial charge in [0, 0.05) is 24.5 Å².